The lowest BCUT2D eigenvalue weighted by molar-refractivity contribution is 0.570. The maximum absolute atomic E-state index is 3.62. The highest BCUT2D eigenvalue weighted by Crippen LogP contribution is 2.35. The minimum absolute atomic E-state index is 1.10. The van der Waals surface area contributed by atoms with E-state index in [1.165, 1.54) is 73.6 Å². The monoisotopic (exact) mass is 349 g/mol. The zero-order valence-electron chi connectivity index (χ0n) is 16.5. The molecule has 3 rings (SSSR count). The first kappa shape index (κ1) is 20.3. The van der Waals surface area contributed by atoms with Crippen LogP contribution in [0.3, 0.4) is 0 Å². The summed E-state index contributed by atoms with van der Waals surface area (Å²) in [6.07, 6.45) is 14.0. The van der Waals surface area contributed by atoms with E-state index in [1.807, 2.05) is 0 Å². The number of nitrogens with one attached hydrogen (secondary N) is 1. The Morgan fingerprint density at radius 3 is 1.81 bits per heavy atom. The lowest BCUT2D eigenvalue weighted by Crippen LogP contribution is -2.05. The van der Waals surface area contributed by atoms with Crippen molar-refractivity contribution in [2.24, 2.45) is 0 Å². The summed E-state index contributed by atoms with van der Waals surface area (Å²) in [6, 6.07) is 17.3. The van der Waals surface area contributed by atoms with Crippen molar-refractivity contribution in [1.82, 2.24) is 5.32 Å². The lowest BCUT2D eigenvalue weighted by Gasteiger charge is -2.01. The standard InChI is InChI=1S/C13H10.C12H25N/c1-3-7-12-10(5-1)9-11-6-2-4-8-13(11)12;1-3-5-6-7-8-9-10-11-12-13-4-2/h1-8H,9H2;4,13H,2-3,5-12H2,1H3. The SMILES string of the molecule is C=CNCCCCCCCCCC.c1ccc2c(c1)Cc1ccccc1-2. The van der Waals surface area contributed by atoms with Gasteiger partial charge in [0.15, 0.2) is 0 Å². The molecule has 1 nitrogen and oxygen atoms in total. The van der Waals surface area contributed by atoms with Crippen LogP contribution < -0.4 is 5.32 Å². The van der Waals surface area contributed by atoms with Crippen molar-refractivity contribution in [3.63, 3.8) is 0 Å². The van der Waals surface area contributed by atoms with E-state index in [0.29, 0.717) is 0 Å². The molecule has 1 heteroatoms. The van der Waals surface area contributed by atoms with Crippen molar-refractivity contribution in [1.29, 1.82) is 0 Å². The van der Waals surface area contributed by atoms with Crippen LogP contribution in [0.1, 0.15) is 69.4 Å². The first-order chi connectivity index (χ1) is 12.9. The highest BCUT2D eigenvalue weighted by molar-refractivity contribution is 5.76. The van der Waals surface area contributed by atoms with Crippen molar-refractivity contribution in [2.45, 2.75) is 64.7 Å². The van der Waals surface area contributed by atoms with Crippen LogP contribution in [-0.4, -0.2) is 6.54 Å². The van der Waals surface area contributed by atoms with Crippen LogP contribution in [0.15, 0.2) is 61.3 Å². The molecule has 1 N–H and O–H groups in total. The van der Waals surface area contributed by atoms with E-state index in [9.17, 15) is 0 Å². The average Bonchev–Trinajstić information content (AvgIpc) is 3.06. The second-order valence-electron chi connectivity index (χ2n) is 7.12. The summed E-state index contributed by atoms with van der Waals surface area (Å²) in [5, 5.41) is 3.12. The molecule has 26 heavy (non-hydrogen) atoms. The third-order valence-corrected chi connectivity index (χ3v) is 5.02. The van der Waals surface area contributed by atoms with Gasteiger partial charge in [0, 0.05) is 6.54 Å². The van der Waals surface area contributed by atoms with Crippen molar-refractivity contribution in [3.8, 4) is 11.1 Å². The molecule has 0 aromatic heterocycles. The molecule has 0 saturated carbocycles. The highest BCUT2D eigenvalue weighted by Gasteiger charge is 2.15. The lowest BCUT2D eigenvalue weighted by atomic mass is 10.1. The van der Waals surface area contributed by atoms with E-state index in [0.717, 1.165) is 13.0 Å². The fourth-order valence-corrected chi connectivity index (χ4v) is 3.54. The van der Waals surface area contributed by atoms with Crippen molar-refractivity contribution < 1.29 is 0 Å². The number of fused-ring (bicyclic) bond motifs is 3. The van der Waals surface area contributed by atoms with Gasteiger partial charge in [0.25, 0.3) is 0 Å². The van der Waals surface area contributed by atoms with Gasteiger partial charge >= 0.3 is 0 Å². The van der Waals surface area contributed by atoms with Gasteiger partial charge < -0.3 is 5.32 Å². The fraction of sp³-hybridized carbons (Fsp3) is 0.440. The summed E-state index contributed by atoms with van der Waals surface area (Å²) in [5.41, 5.74) is 5.75. The molecule has 0 saturated heterocycles. The van der Waals surface area contributed by atoms with Gasteiger partial charge in [-0.2, -0.15) is 0 Å². The Labute approximate surface area is 160 Å². The van der Waals surface area contributed by atoms with Gasteiger partial charge in [0.05, 0.1) is 0 Å². The number of hydrogen-bond acceptors (Lipinski definition) is 1. The Kier molecular flexibility index (Phi) is 9.64. The second kappa shape index (κ2) is 12.4. The molecule has 0 fully saturated rings. The van der Waals surface area contributed by atoms with Gasteiger partial charge in [0.2, 0.25) is 0 Å². The van der Waals surface area contributed by atoms with Gasteiger partial charge in [-0.25, -0.2) is 0 Å². The number of rotatable bonds is 10. The summed E-state index contributed by atoms with van der Waals surface area (Å²) < 4.78 is 0. The number of unbranched alkanes of at least 4 members (excludes halogenated alkanes) is 7. The quantitative estimate of drug-likeness (QED) is 0.384. The van der Waals surface area contributed by atoms with Crippen LogP contribution in [-0.2, 0) is 6.42 Å². The summed E-state index contributed by atoms with van der Waals surface area (Å²) in [6.45, 7) is 6.98. The molecular formula is C25H35N. The van der Waals surface area contributed by atoms with Crippen LogP contribution >= 0.6 is 0 Å². The number of benzene rings is 2. The zero-order valence-corrected chi connectivity index (χ0v) is 16.5. The van der Waals surface area contributed by atoms with Crippen LogP contribution in [0, 0.1) is 0 Å². The smallest absolute Gasteiger partial charge is 0.0141 e. The molecule has 140 valence electrons. The molecule has 0 aliphatic heterocycles. The summed E-state index contributed by atoms with van der Waals surface area (Å²) in [4.78, 5) is 0. The third kappa shape index (κ3) is 6.71. The molecule has 1 aliphatic carbocycles. The molecule has 0 bridgehead atoms. The van der Waals surface area contributed by atoms with E-state index in [4.69, 9.17) is 0 Å². The maximum Gasteiger partial charge on any atom is 0.0141 e. The Balaban J connectivity index is 0.000000187. The molecule has 1 aliphatic rings. The summed E-state index contributed by atoms with van der Waals surface area (Å²) in [5.74, 6) is 0. The predicted molar refractivity (Wildman–Crippen MR) is 115 cm³/mol. The van der Waals surface area contributed by atoms with Gasteiger partial charge in [-0.3, -0.25) is 0 Å². The second-order valence-corrected chi connectivity index (χ2v) is 7.12. The first-order valence-corrected chi connectivity index (χ1v) is 10.4. The molecular weight excluding hydrogens is 314 g/mol. The van der Waals surface area contributed by atoms with E-state index < -0.39 is 0 Å². The van der Waals surface area contributed by atoms with Crippen LogP contribution in [0.25, 0.3) is 11.1 Å². The van der Waals surface area contributed by atoms with Gasteiger partial charge in [0.1, 0.15) is 0 Å². The summed E-state index contributed by atoms with van der Waals surface area (Å²) >= 11 is 0. The predicted octanol–water partition coefficient (Wildman–Crippen LogP) is 7.12. The molecule has 0 unspecified atom stereocenters. The third-order valence-electron chi connectivity index (χ3n) is 5.02. The largest absolute Gasteiger partial charge is 0.391 e. The molecule has 0 radical (unpaired) electrons. The van der Waals surface area contributed by atoms with Crippen LogP contribution in [0.2, 0.25) is 0 Å². The van der Waals surface area contributed by atoms with Crippen molar-refractivity contribution in [3.05, 3.63) is 72.4 Å². The first-order valence-electron chi connectivity index (χ1n) is 10.4. The zero-order chi connectivity index (χ0) is 18.5. The average molecular weight is 350 g/mol. The molecule has 0 amide bonds. The molecule has 0 heterocycles. The van der Waals surface area contributed by atoms with Crippen LogP contribution in [0.5, 0.6) is 0 Å². The van der Waals surface area contributed by atoms with Gasteiger partial charge in [-0.05, 0) is 41.3 Å². The van der Waals surface area contributed by atoms with Gasteiger partial charge in [-0.15, -0.1) is 0 Å². The molecule has 0 spiro atoms. The minimum atomic E-state index is 1.10. The fourth-order valence-electron chi connectivity index (χ4n) is 3.54. The Hall–Kier alpha value is -2.02. The van der Waals surface area contributed by atoms with E-state index >= 15 is 0 Å². The highest BCUT2D eigenvalue weighted by atomic mass is 14.8. The maximum atomic E-state index is 3.62. The van der Waals surface area contributed by atoms with Crippen molar-refractivity contribution >= 4 is 0 Å². The molecule has 2 aromatic rings. The minimum Gasteiger partial charge on any atom is -0.391 e. The molecule has 2 aromatic carbocycles. The van der Waals surface area contributed by atoms with Crippen LogP contribution in [0.4, 0.5) is 0 Å². The Morgan fingerprint density at radius 1 is 0.769 bits per heavy atom. The van der Waals surface area contributed by atoms with Gasteiger partial charge in [-0.1, -0.05) is 107 Å². The normalized spacial score (nSPS) is 11.1. The van der Waals surface area contributed by atoms with Crippen molar-refractivity contribution in [2.75, 3.05) is 6.54 Å². The molecule has 0 atom stereocenters. The Bertz CT molecular complexity index is 601. The van der Waals surface area contributed by atoms with E-state index in [2.05, 4.69) is 67.4 Å². The number of hydrogen-bond donors (Lipinski definition) is 1. The van der Waals surface area contributed by atoms with E-state index in [-0.39, 0.29) is 0 Å². The topological polar surface area (TPSA) is 12.0 Å². The Morgan fingerprint density at radius 2 is 1.27 bits per heavy atom. The summed E-state index contributed by atoms with van der Waals surface area (Å²) in [7, 11) is 0. The van der Waals surface area contributed by atoms with E-state index in [1.54, 1.807) is 6.20 Å².